The summed E-state index contributed by atoms with van der Waals surface area (Å²) in [4.78, 5) is 14.7. The second-order valence-corrected chi connectivity index (χ2v) is 6.44. The van der Waals surface area contributed by atoms with Crippen molar-refractivity contribution in [3.63, 3.8) is 0 Å². The minimum atomic E-state index is -0.0440. The molecule has 0 saturated carbocycles. The monoisotopic (exact) mass is 377 g/mol. The molecule has 2 aliphatic heterocycles. The molecule has 1 amide bonds. The summed E-state index contributed by atoms with van der Waals surface area (Å²) >= 11 is 0. The van der Waals surface area contributed by atoms with E-state index in [-0.39, 0.29) is 30.7 Å². The predicted octanol–water partition coefficient (Wildman–Crippen LogP) is 1.72. The Morgan fingerprint density at radius 3 is 2.92 bits per heavy atom. The van der Waals surface area contributed by atoms with Crippen LogP contribution in [0, 0.1) is 5.92 Å². The number of hydrogen-bond acceptors (Lipinski definition) is 4. The Labute approximate surface area is 156 Å². The summed E-state index contributed by atoms with van der Waals surface area (Å²) in [7, 11) is 0. The Morgan fingerprint density at radius 1 is 1.42 bits per heavy atom. The van der Waals surface area contributed by atoms with Crippen molar-refractivity contribution in [2.45, 2.75) is 32.2 Å². The van der Waals surface area contributed by atoms with E-state index in [2.05, 4.69) is 27.6 Å². The smallest absolute Gasteiger partial charge is 0.271 e. The van der Waals surface area contributed by atoms with E-state index in [0.717, 1.165) is 45.7 Å². The zero-order chi connectivity index (χ0) is 15.4. The van der Waals surface area contributed by atoms with Gasteiger partial charge in [-0.05, 0) is 50.9 Å². The molecule has 2 fully saturated rings. The van der Waals surface area contributed by atoms with Crippen LogP contribution in [-0.4, -0.2) is 59.9 Å². The molecule has 3 heterocycles. The van der Waals surface area contributed by atoms with E-state index in [9.17, 15) is 4.79 Å². The Bertz CT molecular complexity index is 504. The number of nitrogens with one attached hydrogen (secondary N) is 2. The molecule has 3 rings (SSSR count). The van der Waals surface area contributed by atoms with E-state index < -0.39 is 0 Å². The Morgan fingerprint density at radius 2 is 2.25 bits per heavy atom. The van der Waals surface area contributed by atoms with Gasteiger partial charge in [-0.25, -0.2) is 0 Å². The van der Waals surface area contributed by atoms with Gasteiger partial charge < -0.3 is 15.5 Å². The zero-order valence-electron chi connectivity index (χ0n) is 14.2. The van der Waals surface area contributed by atoms with Crippen LogP contribution < -0.4 is 10.6 Å². The van der Waals surface area contributed by atoms with E-state index in [4.69, 9.17) is 0 Å². The van der Waals surface area contributed by atoms with Gasteiger partial charge in [-0.3, -0.25) is 9.48 Å². The molecule has 24 heavy (non-hydrogen) atoms. The maximum atomic E-state index is 12.2. The molecule has 2 unspecified atom stereocenters. The van der Waals surface area contributed by atoms with Gasteiger partial charge >= 0.3 is 0 Å². The minimum absolute atomic E-state index is 0. The van der Waals surface area contributed by atoms with E-state index in [1.807, 2.05) is 16.9 Å². The van der Waals surface area contributed by atoms with Crippen LogP contribution in [-0.2, 0) is 0 Å². The van der Waals surface area contributed by atoms with Gasteiger partial charge in [0.2, 0.25) is 0 Å². The first-order valence-corrected chi connectivity index (χ1v) is 8.52. The lowest BCUT2D eigenvalue weighted by atomic mass is 10.1. The minimum Gasteiger partial charge on any atom is -0.350 e. The third-order valence-corrected chi connectivity index (χ3v) is 4.85. The van der Waals surface area contributed by atoms with Crippen molar-refractivity contribution in [2.75, 3.05) is 39.3 Å². The van der Waals surface area contributed by atoms with Crippen molar-refractivity contribution < 1.29 is 4.79 Å². The largest absolute Gasteiger partial charge is 0.350 e. The van der Waals surface area contributed by atoms with Gasteiger partial charge in [-0.2, -0.15) is 5.10 Å². The second-order valence-electron chi connectivity index (χ2n) is 6.44. The zero-order valence-corrected chi connectivity index (χ0v) is 15.9. The summed E-state index contributed by atoms with van der Waals surface area (Å²) in [6, 6.07) is 2.21. The molecule has 8 heteroatoms. The number of halogens is 2. The molecule has 2 atom stereocenters. The van der Waals surface area contributed by atoms with E-state index in [1.54, 1.807) is 0 Å². The third kappa shape index (κ3) is 5.34. The number of amides is 1. The number of aromatic nitrogens is 2. The fraction of sp³-hybridized carbons (Fsp3) is 0.750. The molecule has 2 aliphatic rings. The highest BCUT2D eigenvalue weighted by atomic mass is 35.5. The number of carbonyl (C=O) groups excluding carboxylic acids is 1. The number of carbonyl (C=O) groups is 1. The fourth-order valence-corrected chi connectivity index (χ4v) is 3.42. The van der Waals surface area contributed by atoms with E-state index in [1.165, 1.54) is 12.8 Å². The average Bonchev–Trinajstić information content (AvgIpc) is 3.22. The third-order valence-electron chi connectivity index (χ3n) is 4.85. The molecule has 6 nitrogen and oxygen atoms in total. The van der Waals surface area contributed by atoms with Crippen molar-refractivity contribution in [3.8, 4) is 0 Å². The van der Waals surface area contributed by atoms with Crippen LogP contribution in [0.3, 0.4) is 0 Å². The lowest BCUT2D eigenvalue weighted by Gasteiger charge is -2.22. The Balaban J connectivity index is 0.00000144. The maximum Gasteiger partial charge on any atom is 0.271 e. The first-order valence-electron chi connectivity index (χ1n) is 8.52. The van der Waals surface area contributed by atoms with Crippen molar-refractivity contribution in [2.24, 2.45) is 5.92 Å². The van der Waals surface area contributed by atoms with Gasteiger partial charge in [0, 0.05) is 25.8 Å². The van der Waals surface area contributed by atoms with Gasteiger partial charge in [-0.1, -0.05) is 6.92 Å². The summed E-state index contributed by atoms with van der Waals surface area (Å²) in [5.41, 5.74) is 0.538. The summed E-state index contributed by atoms with van der Waals surface area (Å²) in [6.45, 7) is 8.32. The Hall–Kier alpha value is -0.820. The number of hydrogen-bond donors (Lipinski definition) is 2. The van der Waals surface area contributed by atoms with Crippen molar-refractivity contribution in [1.82, 2.24) is 25.3 Å². The van der Waals surface area contributed by atoms with E-state index in [0.29, 0.717) is 17.7 Å². The van der Waals surface area contributed by atoms with Crippen LogP contribution in [0.4, 0.5) is 0 Å². The molecule has 138 valence electrons. The standard InChI is InChI=1S/C16H27N5O.2ClH/c1-2-20-8-5-13(12-20)10-18-16(22)15-6-9-21(19-15)14-4-3-7-17-11-14;;/h6,9,13-14,17H,2-5,7-8,10-12H2,1H3,(H,18,22);2*1H. The normalized spacial score (nSPS) is 24.0. The molecule has 2 N–H and O–H groups in total. The number of likely N-dealkylation sites (tertiary alicyclic amines) is 1. The van der Waals surface area contributed by atoms with Gasteiger partial charge in [-0.15, -0.1) is 24.8 Å². The summed E-state index contributed by atoms with van der Waals surface area (Å²) in [5.74, 6) is 0.533. The lowest BCUT2D eigenvalue weighted by Crippen LogP contribution is -2.33. The first-order chi connectivity index (χ1) is 10.8. The number of rotatable bonds is 5. The molecule has 1 aromatic heterocycles. The molecule has 0 aliphatic carbocycles. The molecule has 0 spiro atoms. The Kier molecular flexibility index (Phi) is 9.05. The molecule has 1 aromatic rings. The van der Waals surface area contributed by atoms with Gasteiger partial charge in [0.15, 0.2) is 0 Å². The molecular weight excluding hydrogens is 349 g/mol. The van der Waals surface area contributed by atoms with Crippen LogP contribution >= 0.6 is 24.8 Å². The van der Waals surface area contributed by atoms with Gasteiger partial charge in [0.05, 0.1) is 6.04 Å². The summed E-state index contributed by atoms with van der Waals surface area (Å²) in [6.07, 6.45) is 5.41. The molecular formula is C16H29Cl2N5O. The molecule has 0 aromatic carbocycles. The summed E-state index contributed by atoms with van der Waals surface area (Å²) in [5, 5.41) is 10.9. The highest BCUT2D eigenvalue weighted by Gasteiger charge is 2.22. The van der Waals surface area contributed by atoms with Gasteiger partial charge in [0.25, 0.3) is 5.91 Å². The molecule has 0 bridgehead atoms. The molecule has 2 saturated heterocycles. The quantitative estimate of drug-likeness (QED) is 0.819. The van der Waals surface area contributed by atoms with E-state index >= 15 is 0 Å². The SMILES string of the molecule is CCN1CCC(CNC(=O)c2ccn(C3CCCNC3)n2)C1.Cl.Cl. The first kappa shape index (κ1) is 21.2. The predicted molar refractivity (Wildman–Crippen MR) is 100 cm³/mol. The fourth-order valence-electron chi connectivity index (χ4n) is 3.42. The maximum absolute atomic E-state index is 12.2. The summed E-state index contributed by atoms with van der Waals surface area (Å²) < 4.78 is 1.94. The molecule has 0 radical (unpaired) electrons. The van der Waals surface area contributed by atoms with Crippen molar-refractivity contribution in [1.29, 1.82) is 0 Å². The highest BCUT2D eigenvalue weighted by molar-refractivity contribution is 5.92. The van der Waals surface area contributed by atoms with Gasteiger partial charge in [0.1, 0.15) is 5.69 Å². The van der Waals surface area contributed by atoms with Crippen LogP contribution in [0.15, 0.2) is 12.3 Å². The lowest BCUT2D eigenvalue weighted by molar-refractivity contribution is 0.0941. The number of nitrogens with zero attached hydrogens (tertiary/aromatic N) is 3. The van der Waals surface area contributed by atoms with Crippen LogP contribution in [0.1, 0.15) is 42.7 Å². The second kappa shape index (κ2) is 10.2. The number of piperidine rings is 1. The highest BCUT2D eigenvalue weighted by Crippen LogP contribution is 2.16. The van der Waals surface area contributed by atoms with Crippen LogP contribution in [0.2, 0.25) is 0 Å². The topological polar surface area (TPSA) is 62.2 Å². The van der Waals surface area contributed by atoms with Crippen LogP contribution in [0.25, 0.3) is 0 Å². The van der Waals surface area contributed by atoms with Crippen molar-refractivity contribution in [3.05, 3.63) is 18.0 Å². The average molecular weight is 378 g/mol. The van der Waals surface area contributed by atoms with Crippen LogP contribution in [0.5, 0.6) is 0 Å². The van der Waals surface area contributed by atoms with Crippen molar-refractivity contribution >= 4 is 30.7 Å².